The number of rotatable bonds is 8. The van der Waals surface area contributed by atoms with E-state index in [1.54, 1.807) is 0 Å². The van der Waals surface area contributed by atoms with E-state index in [1.807, 2.05) is 20.8 Å². The molecule has 0 fully saturated rings. The molecule has 0 unspecified atom stereocenters. The fraction of sp³-hybridized carbons (Fsp3) is 0.900. The minimum absolute atomic E-state index is 0.223. The van der Waals surface area contributed by atoms with Gasteiger partial charge in [0.05, 0.1) is 13.2 Å². The predicted octanol–water partition coefficient (Wildman–Crippen LogP) is 0.954. The van der Waals surface area contributed by atoms with E-state index in [0.29, 0.717) is 19.3 Å². The Balaban J connectivity index is 3.18. The van der Waals surface area contributed by atoms with Gasteiger partial charge in [-0.25, -0.2) is 0 Å². The van der Waals surface area contributed by atoms with Crippen LogP contribution >= 0.6 is 0 Å². The van der Waals surface area contributed by atoms with Crippen LogP contribution in [0, 0.1) is 0 Å². The van der Waals surface area contributed by atoms with Gasteiger partial charge in [-0.1, -0.05) is 20.8 Å². The van der Waals surface area contributed by atoms with Gasteiger partial charge in [0.15, 0.2) is 0 Å². The third kappa shape index (κ3) is 9.48. The zero-order chi connectivity index (χ0) is 10.8. The molecule has 1 N–H and O–H groups in total. The van der Waals surface area contributed by atoms with Crippen molar-refractivity contribution >= 4 is 5.97 Å². The average molecular weight is 203 g/mol. The monoisotopic (exact) mass is 203 g/mol. The van der Waals surface area contributed by atoms with Crippen LogP contribution < -0.4 is 5.32 Å². The van der Waals surface area contributed by atoms with Gasteiger partial charge in [0.2, 0.25) is 0 Å². The van der Waals surface area contributed by atoms with Gasteiger partial charge in [-0.2, -0.15) is 0 Å². The zero-order valence-electron chi connectivity index (χ0n) is 9.34. The first-order valence-electron chi connectivity index (χ1n) is 5.13. The van der Waals surface area contributed by atoms with Crippen molar-refractivity contribution in [3.8, 4) is 0 Å². The summed E-state index contributed by atoms with van der Waals surface area (Å²) in [5.41, 5.74) is 0. The third-order valence-electron chi connectivity index (χ3n) is 1.49. The minimum atomic E-state index is -0.223. The van der Waals surface area contributed by atoms with Crippen LogP contribution in [0.5, 0.6) is 0 Å². The van der Waals surface area contributed by atoms with Gasteiger partial charge >= 0.3 is 5.97 Å². The van der Waals surface area contributed by atoms with Crippen LogP contribution in [0.2, 0.25) is 0 Å². The van der Waals surface area contributed by atoms with Crippen LogP contribution in [0.15, 0.2) is 0 Å². The van der Waals surface area contributed by atoms with Crippen LogP contribution in [-0.2, 0) is 14.3 Å². The Kier molecular flexibility index (Phi) is 8.57. The molecule has 0 saturated carbocycles. The maximum atomic E-state index is 11.0. The average Bonchev–Trinajstić information content (AvgIpc) is 2.14. The summed E-state index contributed by atoms with van der Waals surface area (Å²) < 4.78 is 10.1. The van der Waals surface area contributed by atoms with E-state index in [2.05, 4.69) is 5.32 Å². The zero-order valence-corrected chi connectivity index (χ0v) is 9.34. The summed E-state index contributed by atoms with van der Waals surface area (Å²) in [7, 11) is 0. The lowest BCUT2D eigenvalue weighted by molar-refractivity contribution is -0.144. The van der Waals surface area contributed by atoms with Crippen molar-refractivity contribution in [3.05, 3.63) is 0 Å². The van der Waals surface area contributed by atoms with E-state index in [0.717, 1.165) is 13.0 Å². The molecule has 0 aliphatic carbocycles. The SMILES string of the molecule is CCCOCCOC(=O)CNC(C)C. The summed E-state index contributed by atoms with van der Waals surface area (Å²) in [5.74, 6) is -0.223. The summed E-state index contributed by atoms with van der Waals surface area (Å²) in [4.78, 5) is 11.0. The summed E-state index contributed by atoms with van der Waals surface area (Å²) >= 11 is 0. The van der Waals surface area contributed by atoms with E-state index in [-0.39, 0.29) is 12.5 Å². The molecule has 0 amide bonds. The number of esters is 1. The first kappa shape index (κ1) is 13.4. The second kappa shape index (κ2) is 8.97. The van der Waals surface area contributed by atoms with Gasteiger partial charge in [0.25, 0.3) is 0 Å². The molecule has 14 heavy (non-hydrogen) atoms. The Morgan fingerprint density at radius 1 is 1.29 bits per heavy atom. The summed E-state index contributed by atoms with van der Waals surface area (Å²) in [6.45, 7) is 7.83. The Labute approximate surface area is 86.0 Å². The van der Waals surface area contributed by atoms with E-state index in [4.69, 9.17) is 9.47 Å². The smallest absolute Gasteiger partial charge is 0.320 e. The fourth-order valence-corrected chi connectivity index (χ4v) is 0.799. The molecule has 0 heterocycles. The third-order valence-corrected chi connectivity index (χ3v) is 1.49. The Bertz CT molecular complexity index is 148. The van der Waals surface area contributed by atoms with Crippen molar-refractivity contribution in [2.45, 2.75) is 33.2 Å². The van der Waals surface area contributed by atoms with Crippen molar-refractivity contribution in [1.29, 1.82) is 0 Å². The largest absolute Gasteiger partial charge is 0.462 e. The van der Waals surface area contributed by atoms with Crippen molar-refractivity contribution in [2.75, 3.05) is 26.4 Å². The number of hydrogen-bond donors (Lipinski definition) is 1. The molecule has 0 aliphatic rings. The van der Waals surface area contributed by atoms with E-state index < -0.39 is 0 Å². The molecule has 84 valence electrons. The van der Waals surface area contributed by atoms with E-state index in [9.17, 15) is 4.79 Å². The molecular formula is C10H21NO3. The lowest BCUT2D eigenvalue weighted by Crippen LogP contribution is -2.30. The van der Waals surface area contributed by atoms with Crippen molar-refractivity contribution < 1.29 is 14.3 Å². The van der Waals surface area contributed by atoms with E-state index in [1.165, 1.54) is 0 Å². The molecule has 0 aromatic carbocycles. The van der Waals surface area contributed by atoms with Gasteiger partial charge in [-0.15, -0.1) is 0 Å². The molecule has 0 aliphatic heterocycles. The van der Waals surface area contributed by atoms with Crippen LogP contribution in [0.3, 0.4) is 0 Å². The number of carbonyl (C=O) groups is 1. The van der Waals surface area contributed by atoms with Crippen LogP contribution in [0.25, 0.3) is 0 Å². The maximum absolute atomic E-state index is 11.0. The van der Waals surface area contributed by atoms with Crippen LogP contribution in [-0.4, -0.2) is 38.4 Å². The topological polar surface area (TPSA) is 47.6 Å². The first-order valence-corrected chi connectivity index (χ1v) is 5.13. The Morgan fingerprint density at radius 3 is 2.57 bits per heavy atom. The molecule has 0 saturated heterocycles. The van der Waals surface area contributed by atoms with Crippen molar-refractivity contribution in [2.24, 2.45) is 0 Å². The Morgan fingerprint density at radius 2 is 2.00 bits per heavy atom. The molecule has 0 rings (SSSR count). The summed E-state index contributed by atoms with van der Waals surface area (Å²) in [6.07, 6.45) is 0.989. The molecule has 4 heteroatoms. The highest BCUT2D eigenvalue weighted by Gasteiger charge is 2.02. The Hall–Kier alpha value is -0.610. The second-order valence-corrected chi connectivity index (χ2v) is 3.37. The lowest BCUT2D eigenvalue weighted by Gasteiger charge is -2.08. The molecule has 0 spiro atoms. The highest BCUT2D eigenvalue weighted by molar-refractivity contribution is 5.71. The van der Waals surface area contributed by atoms with Crippen LogP contribution in [0.4, 0.5) is 0 Å². The predicted molar refractivity (Wildman–Crippen MR) is 55.2 cm³/mol. The van der Waals surface area contributed by atoms with Gasteiger partial charge < -0.3 is 14.8 Å². The molecular weight excluding hydrogens is 182 g/mol. The standard InChI is InChI=1S/C10H21NO3/c1-4-5-13-6-7-14-10(12)8-11-9(2)3/h9,11H,4-8H2,1-3H3. The fourth-order valence-electron chi connectivity index (χ4n) is 0.799. The lowest BCUT2D eigenvalue weighted by atomic mass is 10.4. The van der Waals surface area contributed by atoms with Gasteiger partial charge in [-0.05, 0) is 6.42 Å². The number of carbonyl (C=O) groups excluding carboxylic acids is 1. The molecule has 0 aromatic heterocycles. The van der Waals surface area contributed by atoms with Crippen molar-refractivity contribution in [3.63, 3.8) is 0 Å². The number of hydrogen-bond acceptors (Lipinski definition) is 4. The van der Waals surface area contributed by atoms with Gasteiger partial charge in [0, 0.05) is 12.6 Å². The summed E-state index contributed by atoms with van der Waals surface area (Å²) in [5, 5.41) is 2.98. The molecule has 0 aromatic rings. The number of ether oxygens (including phenoxy) is 2. The highest BCUT2D eigenvalue weighted by Crippen LogP contribution is 1.83. The maximum Gasteiger partial charge on any atom is 0.320 e. The van der Waals surface area contributed by atoms with Crippen molar-refractivity contribution in [1.82, 2.24) is 5.32 Å². The van der Waals surface area contributed by atoms with Crippen LogP contribution in [0.1, 0.15) is 27.2 Å². The molecule has 0 atom stereocenters. The number of nitrogens with one attached hydrogen (secondary N) is 1. The van der Waals surface area contributed by atoms with Gasteiger partial charge in [0.1, 0.15) is 6.61 Å². The summed E-state index contributed by atoms with van der Waals surface area (Å²) in [6, 6.07) is 0.305. The highest BCUT2D eigenvalue weighted by atomic mass is 16.6. The first-order chi connectivity index (χ1) is 6.66. The molecule has 0 radical (unpaired) electrons. The molecule has 4 nitrogen and oxygen atoms in total. The normalized spacial score (nSPS) is 10.6. The quantitative estimate of drug-likeness (QED) is 0.471. The minimum Gasteiger partial charge on any atom is -0.462 e. The van der Waals surface area contributed by atoms with Gasteiger partial charge in [-0.3, -0.25) is 4.79 Å². The van der Waals surface area contributed by atoms with E-state index >= 15 is 0 Å². The second-order valence-electron chi connectivity index (χ2n) is 3.37. The molecule has 0 bridgehead atoms.